The monoisotopic (exact) mass is 252 g/mol. The minimum absolute atomic E-state index is 0.150. The average molecular weight is 252 g/mol. The summed E-state index contributed by atoms with van der Waals surface area (Å²) in [6.07, 6.45) is 1.01. The van der Waals surface area contributed by atoms with Crippen LogP contribution in [-0.4, -0.2) is 16.0 Å². The fourth-order valence-corrected chi connectivity index (χ4v) is 1.99. The van der Waals surface area contributed by atoms with Crippen molar-refractivity contribution >= 4 is 17.3 Å². The highest BCUT2D eigenvalue weighted by atomic mass is 16.6. The first-order valence-electron chi connectivity index (χ1n) is 5.60. The van der Waals surface area contributed by atoms with E-state index in [2.05, 4.69) is 0 Å². The summed E-state index contributed by atoms with van der Waals surface area (Å²) in [4.78, 5) is 21.6. The van der Waals surface area contributed by atoms with E-state index in [-0.39, 0.29) is 11.4 Å². The van der Waals surface area contributed by atoms with Gasteiger partial charge in [-0.05, 0) is 25.0 Å². The summed E-state index contributed by atoms with van der Waals surface area (Å²) >= 11 is 0. The van der Waals surface area contributed by atoms with E-state index in [9.17, 15) is 20.0 Å². The lowest BCUT2D eigenvalue weighted by molar-refractivity contribution is -0.384. The predicted octanol–water partition coefficient (Wildman–Crippen LogP) is 2.32. The Labute approximate surface area is 105 Å². The molecule has 0 heterocycles. The maximum Gasteiger partial charge on any atom is 0.313 e. The number of hydrogen-bond donors (Lipinski definition) is 2. The summed E-state index contributed by atoms with van der Waals surface area (Å²) in [6.45, 7) is 3.39. The maximum atomic E-state index is 11.4. The molecule has 0 aliphatic carbocycles. The van der Waals surface area contributed by atoms with Crippen molar-refractivity contribution in [3.63, 3.8) is 0 Å². The molecule has 0 saturated heterocycles. The molecule has 1 unspecified atom stereocenters. The van der Waals surface area contributed by atoms with Crippen LogP contribution in [0.2, 0.25) is 0 Å². The minimum Gasteiger partial charge on any atom is -0.481 e. The molecule has 1 rings (SSSR count). The topological polar surface area (TPSA) is 106 Å². The molecule has 6 nitrogen and oxygen atoms in total. The molecule has 1 aromatic rings. The number of rotatable bonds is 5. The van der Waals surface area contributed by atoms with Gasteiger partial charge in [-0.15, -0.1) is 0 Å². The van der Waals surface area contributed by atoms with Crippen LogP contribution in [0.3, 0.4) is 0 Å². The van der Waals surface area contributed by atoms with E-state index in [1.54, 1.807) is 0 Å². The predicted molar refractivity (Wildman–Crippen MR) is 67.4 cm³/mol. The number of nitrogens with two attached hydrogens (primary N) is 1. The molecule has 0 amide bonds. The lowest BCUT2D eigenvalue weighted by Crippen LogP contribution is -2.33. The molecule has 98 valence electrons. The molecule has 0 aliphatic rings. The molecule has 18 heavy (non-hydrogen) atoms. The summed E-state index contributed by atoms with van der Waals surface area (Å²) in [5, 5.41) is 20.1. The van der Waals surface area contributed by atoms with Gasteiger partial charge in [-0.1, -0.05) is 13.3 Å². The van der Waals surface area contributed by atoms with Crippen molar-refractivity contribution in [2.75, 3.05) is 5.73 Å². The third kappa shape index (κ3) is 2.42. The summed E-state index contributed by atoms with van der Waals surface area (Å²) in [6, 6.07) is 3.90. The van der Waals surface area contributed by atoms with Gasteiger partial charge in [0.15, 0.2) is 0 Å². The lowest BCUT2D eigenvalue weighted by Gasteiger charge is -2.26. The zero-order valence-electron chi connectivity index (χ0n) is 10.3. The first-order chi connectivity index (χ1) is 8.32. The Morgan fingerprint density at radius 2 is 2.17 bits per heavy atom. The second kappa shape index (κ2) is 5.03. The Hall–Kier alpha value is -2.11. The second-order valence-corrected chi connectivity index (χ2v) is 4.42. The molecule has 0 aliphatic heterocycles. The lowest BCUT2D eigenvalue weighted by atomic mass is 9.77. The first-order valence-corrected chi connectivity index (χ1v) is 5.60. The van der Waals surface area contributed by atoms with Crippen LogP contribution in [0.15, 0.2) is 18.2 Å². The van der Waals surface area contributed by atoms with E-state index in [4.69, 9.17) is 5.73 Å². The number of carboxylic acid groups (broad SMARTS) is 1. The Balaban J connectivity index is 3.40. The fraction of sp³-hybridized carbons (Fsp3) is 0.417. The maximum absolute atomic E-state index is 11.4. The van der Waals surface area contributed by atoms with Crippen molar-refractivity contribution in [2.45, 2.75) is 32.1 Å². The largest absolute Gasteiger partial charge is 0.481 e. The zero-order chi connectivity index (χ0) is 13.9. The van der Waals surface area contributed by atoms with Crippen LogP contribution < -0.4 is 5.73 Å². The van der Waals surface area contributed by atoms with E-state index >= 15 is 0 Å². The van der Waals surface area contributed by atoms with Gasteiger partial charge in [0.1, 0.15) is 0 Å². The van der Waals surface area contributed by atoms with Gasteiger partial charge in [-0.3, -0.25) is 14.9 Å². The average Bonchev–Trinajstić information content (AvgIpc) is 2.29. The Morgan fingerprint density at radius 3 is 2.61 bits per heavy atom. The molecule has 6 heteroatoms. The smallest absolute Gasteiger partial charge is 0.313 e. The highest BCUT2D eigenvalue weighted by Gasteiger charge is 2.36. The Bertz CT molecular complexity index is 487. The molecule has 0 bridgehead atoms. The standard InChI is InChI=1S/C12H16N2O4/c1-3-6-12(2,11(15)16)9-7-8(14(17)18)4-5-10(9)13/h4-5,7H,3,6,13H2,1-2H3,(H,15,16). The van der Waals surface area contributed by atoms with Crippen molar-refractivity contribution < 1.29 is 14.8 Å². The van der Waals surface area contributed by atoms with Gasteiger partial charge in [-0.2, -0.15) is 0 Å². The van der Waals surface area contributed by atoms with Gasteiger partial charge in [-0.25, -0.2) is 0 Å². The van der Waals surface area contributed by atoms with Gasteiger partial charge in [0, 0.05) is 17.8 Å². The van der Waals surface area contributed by atoms with E-state index < -0.39 is 16.3 Å². The summed E-state index contributed by atoms with van der Waals surface area (Å²) in [5.41, 5.74) is 4.96. The van der Waals surface area contributed by atoms with Gasteiger partial charge in [0.25, 0.3) is 5.69 Å². The summed E-state index contributed by atoms with van der Waals surface area (Å²) in [7, 11) is 0. The van der Waals surface area contributed by atoms with E-state index in [1.807, 2.05) is 6.92 Å². The van der Waals surface area contributed by atoms with Crippen molar-refractivity contribution in [3.8, 4) is 0 Å². The third-order valence-electron chi connectivity index (χ3n) is 3.06. The number of carboxylic acids is 1. The van der Waals surface area contributed by atoms with Crippen LogP contribution >= 0.6 is 0 Å². The Kier molecular flexibility index (Phi) is 3.90. The van der Waals surface area contributed by atoms with Gasteiger partial charge in [0.05, 0.1) is 10.3 Å². The van der Waals surface area contributed by atoms with E-state index in [1.165, 1.54) is 25.1 Å². The fourth-order valence-electron chi connectivity index (χ4n) is 1.99. The first kappa shape index (κ1) is 14.0. The number of anilines is 1. The zero-order valence-corrected chi connectivity index (χ0v) is 10.3. The van der Waals surface area contributed by atoms with Crippen molar-refractivity contribution in [3.05, 3.63) is 33.9 Å². The number of non-ortho nitro benzene ring substituents is 1. The minimum atomic E-state index is -1.20. The van der Waals surface area contributed by atoms with E-state index in [0.29, 0.717) is 18.4 Å². The van der Waals surface area contributed by atoms with Crippen molar-refractivity contribution in [2.24, 2.45) is 0 Å². The van der Waals surface area contributed by atoms with Crippen LogP contribution in [0.1, 0.15) is 32.3 Å². The highest BCUT2D eigenvalue weighted by molar-refractivity contribution is 5.83. The van der Waals surface area contributed by atoms with Crippen LogP contribution in [0.25, 0.3) is 0 Å². The van der Waals surface area contributed by atoms with Crippen LogP contribution in [0, 0.1) is 10.1 Å². The molecule has 1 atom stereocenters. The summed E-state index contributed by atoms with van der Waals surface area (Å²) < 4.78 is 0. The number of nitrogen functional groups attached to an aromatic ring is 1. The molecule has 0 aromatic heterocycles. The number of nitro benzene ring substituents is 1. The molecular weight excluding hydrogens is 236 g/mol. The number of hydrogen-bond acceptors (Lipinski definition) is 4. The quantitative estimate of drug-likeness (QED) is 0.475. The van der Waals surface area contributed by atoms with Crippen molar-refractivity contribution in [1.29, 1.82) is 0 Å². The number of aliphatic carboxylic acids is 1. The SMILES string of the molecule is CCCC(C)(C(=O)O)c1cc([N+](=O)[O-])ccc1N. The number of nitrogens with zero attached hydrogens (tertiary/aromatic N) is 1. The van der Waals surface area contributed by atoms with Gasteiger partial charge in [0.2, 0.25) is 0 Å². The summed E-state index contributed by atoms with van der Waals surface area (Å²) in [5.74, 6) is -1.03. The van der Waals surface area contributed by atoms with E-state index in [0.717, 1.165) is 0 Å². The number of nitro groups is 1. The molecule has 0 spiro atoms. The van der Waals surface area contributed by atoms with Crippen LogP contribution in [-0.2, 0) is 10.2 Å². The molecule has 0 radical (unpaired) electrons. The molecular formula is C12H16N2O4. The molecule has 0 fully saturated rings. The van der Waals surface area contributed by atoms with Crippen LogP contribution in [0.5, 0.6) is 0 Å². The molecule has 3 N–H and O–H groups in total. The Morgan fingerprint density at radius 1 is 1.56 bits per heavy atom. The van der Waals surface area contributed by atoms with Gasteiger partial charge < -0.3 is 10.8 Å². The van der Waals surface area contributed by atoms with Crippen LogP contribution in [0.4, 0.5) is 11.4 Å². The normalized spacial score (nSPS) is 13.9. The highest BCUT2D eigenvalue weighted by Crippen LogP contribution is 2.35. The van der Waals surface area contributed by atoms with Gasteiger partial charge >= 0.3 is 5.97 Å². The molecule has 0 saturated carbocycles. The third-order valence-corrected chi connectivity index (χ3v) is 3.06. The molecule has 1 aromatic carbocycles. The second-order valence-electron chi connectivity index (χ2n) is 4.42. The number of benzene rings is 1. The number of carbonyl (C=O) groups is 1. The van der Waals surface area contributed by atoms with Crippen molar-refractivity contribution in [1.82, 2.24) is 0 Å².